The smallest absolute Gasteiger partial charge is 0.264 e. The van der Waals surface area contributed by atoms with Gasteiger partial charge in [0.15, 0.2) is 0 Å². The Morgan fingerprint density at radius 1 is 0.804 bits per heavy atom. The normalized spacial score (nSPS) is 12.0. The molecule has 0 heterocycles. The van der Waals surface area contributed by atoms with Crippen LogP contribution in [0.15, 0.2) is 95.9 Å². The number of benzene rings is 4. The number of anilines is 1. The molecule has 4 aromatic carbocycles. The molecule has 7 nitrogen and oxygen atoms in total. The van der Waals surface area contributed by atoms with Crippen molar-refractivity contribution < 1.29 is 18.0 Å². The average molecular weight is 681 g/mol. The molecule has 0 aliphatic rings. The Morgan fingerprint density at radius 2 is 1.41 bits per heavy atom. The Balaban J connectivity index is 1.85. The van der Waals surface area contributed by atoms with Crippen molar-refractivity contribution in [1.82, 2.24) is 10.2 Å². The third-order valence-electron chi connectivity index (χ3n) is 7.59. The number of rotatable bonds is 13. The molecular formula is C36H39Cl2N3O4S. The van der Waals surface area contributed by atoms with E-state index >= 15 is 0 Å². The molecule has 0 fully saturated rings. The van der Waals surface area contributed by atoms with Gasteiger partial charge in [0.2, 0.25) is 11.8 Å². The molecule has 0 aliphatic carbocycles. The maximum atomic E-state index is 14.6. The number of amides is 2. The topological polar surface area (TPSA) is 86.8 Å². The first-order valence-corrected chi connectivity index (χ1v) is 17.3. The van der Waals surface area contributed by atoms with Crippen LogP contribution < -0.4 is 9.62 Å². The van der Waals surface area contributed by atoms with Gasteiger partial charge in [0.05, 0.1) is 10.6 Å². The maximum absolute atomic E-state index is 14.6. The molecule has 0 bridgehead atoms. The summed E-state index contributed by atoms with van der Waals surface area (Å²) in [6.45, 7) is 7.29. The lowest BCUT2D eigenvalue weighted by molar-refractivity contribution is -0.140. The zero-order valence-corrected chi connectivity index (χ0v) is 28.8. The largest absolute Gasteiger partial charge is 0.354 e. The van der Waals surface area contributed by atoms with Crippen LogP contribution in [0.2, 0.25) is 10.0 Å². The molecule has 0 saturated carbocycles. The molecule has 4 rings (SSSR count). The second kappa shape index (κ2) is 15.6. The van der Waals surface area contributed by atoms with Crippen LogP contribution >= 0.6 is 23.2 Å². The lowest BCUT2D eigenvalue weighted by Gasteiger charge is -2.34. The standard InChI is InChI=1S/C36H39Cl2N3O4S/c1-5-18-39-36(43)34(22-28-10-7-6-8-11-28)40(23-31-32(37)12-9-13-33(31)38)35(42)24-41(29-20-26(3)19-27(4)21-29)46(44,45)30-16-14-25(2)15-17-30/h6-17,19-21,34H,5,18,22-24H2,1-4H3,(H,39,43)/t34-/m0/s1. The third-order valence-corrected chi connectivity index (χ3v) is 10.1. The van der Waals surface area contributed by atoms with Crippen LogP contribution in [0.5, 0.6) is 0 Å². The monoisotopic (exact) mass is 679 g/mol. The SMILES string of the molecule is CCCNC(=O)[C@H](Cc1ccccc1)N(Cc1c(Cl)cccc1Cl)C(=O)CN(c1cc(C)cc(C)c1)S(=O)(=O)c1ccc(C)cc1. The van der Waals surface area contributed by atoms with E-state index in [1.54, 1.807) is 42.5 Å². The van der Waals surface area contributed by atoms with Crippen LogP contribution in [-0.4, -0.2) is 44.3 Å². The van der Waals surface area contributed by atoms with Crippen LogP contribution in [-0.2, 0) is 32.6 Å². The van der Waals surface area contributed by atoms with Crippen LogP contribution in [0.3, 0.4) is 0 Å². The fourth-order valence-corrected chi connectivity index (χ4v) is 7.15. The van der Waals surface area contributed by atoms with Crippen molar-refractivity contribution >= 4 is 50.7 Å². The molecule has 0 spiro atoms. The molecule has 0 aliphatic heterocycles. The van der Waals surface area contributed by atoms with Crippen LogP contribution in [0, 0.1) is 20.8 Å². The first kappa shape index (κ1) is 35.0. The summed E-state index contributed by atoms with van der Waals surface area (Å²) < 4.78 is 29.6. The summed E-state index contributed by atoms with van der Waals surface area (Å²) in [5.74, 6) is -0.944. The summed E-state index contributed by atoms with van der Waals surface area (Å²) >= 11 is 13.2. The fourth-order valence-electron chi connectivity index (χ4n) is 5.23. The van der Waals surface area contributed by atoms with Crippen molar-refractivity contribution in [1.29, 1.82) is 0 Å². The fraction of sp³-hybridized carbons (Fsp3) is 0.278. The summed E-state index contributed by atoms with van der Waals surface area (Å²) in [5.41, 5.74) is 4.22. The van der Waals surface area contributed by atoms with Gasteiger partial charge >= 0.3 is 0 Å². The number of halogens is 2. The molecular weight excluding hydrogens is 641 g/mol. The molecule has 46 heavy (non-hydrogen) atoms. The van der Waals surface area contributed by atoms with Crippen molar-refractivity contribution in [3.8, 4) is 0 Å². The Morgan fingerprint density at radius 3 is 2.00 bits per heavy atom. The van der Waals surface area contributed by atoms with Gasteiger partial charge in [-0.15, -0.1) is 0 Å². The van der Waals surface area contributed by atoms with Gasteiger partial charge in [-0.05, 0) is 80.3 Å². The number of hydrogen-bond acceptors (Lipinski definition) is 4. The number of hydrogen-bond donors (Lipinski definition) is 1. The van der Waals surface area contributed by atoms with E-state index in [0.29, 0.717) is 34.3 Å². The van der Waals surface area contributed by atoms with Crippen molar-refractivity contribution in [2.45, 2.75) is 58.0 Å². The van der Waals surface area contributed by atoms with E-state index in [1.807, 2.05) is 64.1 Å². The van der Waals surface area contributed by atoms with Gasteiger partial charge < -0.3 is 10.2 Å². The van der Waals surface area contributed by atoms with Gasteiger partial charge in [0.25, 0.3) is 10.0 Å². The van der Waals surface area contributed by atoms with E-state index in [2.05, 4.69) is 5.32 Å². The van der Waals surface area contributed by atoms with E-state index in [9.17, 15) is 18.0 Å². The summed E-state index contributed by atoms with van der Waals surface area (Å²) in [6, 6.07) is 25.3. The van der Waals surface area contributed by atoms with E-state index < -0.39 is 28.5 Å². The predicted molar refractivity (Wildman–Crippen MR) is 186 cm³/mol. The number of carbonyl (C=O) groups is 2. The minimum atomic E-state index is -4.21. The average Bonchev–Trinajstić information content (AvgIpc) is 3.01. The molecule has 10 heteroatoms. The van der Waals surface area contributed by atoms with Gasteiger partial charge in [-0.1, -0.05) is 90.3 Å². The number of aryl methyl sites for hydroxylation is 3. The second-order valence-electron chi connectivity index (χ2n) is 11.4. The molecule has 1 atom stereocenters. The number of carbonyl (C=O) groups excluding carboxylic acids is 2. The van der Waals surface area contributed by atoms with Crippen molar-refractivity contribution in [2.75, 3.05) is 17.4 Å². The van der Waals surface area contributed by atoms with Crippen molar-refractivity contribution in [2.24, 2.45) is 0 Å². The van der Waals surface area contributed by atoms with Crippen LogP contribution in [0.1, 0.15) is 41.2 Å². The molecule has 2 amide bonds. The zero-order chi connectivity index (χ0) is 33.4. The number of nitrogens with zero attached hydrogens (tertiary/aromatic N) is 2. The van der Waals surface area contributed by atoms with Gasteiger partial charge in [0.1, 0.15) is 12.6 Å². The summed E-state index contributed by atoms with van der Waals surface area (Å²) in [4.78, 5) is 29.9. The van der Waals surface area contributed by atoms with E-state index in [0.717, 1.165) is 26.6 Å². The minimum Gasteiger partial charge on any atom is -0.354 e. The van der Waals surface area contributed by atoms with E-state index in [1.165, 1.54) is 17.0 Å². The molecule has 4 aromatic rings. The highest BCUT2D eigenvalue weighted by Crippen LogP contribution is 2.30. The number of sulfonamides is 1. The summed E-state index contributed by atoms with van der Waals surface area (Å²) in [6.07, 6.45) is 0.891. The van der Waals surface area contributed by atoms with Crippen LogP contribution in [0.25, 0.3) is 0 Å². The van der Waals surface area contributed by atoms with Crippen molar-refractivity contribution in [3.63, 3.8) is 0 Å². The lowest BCUT2D eigenvalue weighted by Crippen LogP contribution is -2.53. The molecule has 0 radical (unpaired) electrons. The molecule has 1 N–H and O–H groups in total. The zero-order valence-electron chi connectivity index (χ0n) is 26.5. The van der Waals surface area contributed by atoms with Crippen molar-refractivity contribution in [3.05, 3.63) is 129 Å². The molecule has 242 valence electrons. The van der Waals surface area contributed by atoms with E-state index in [-0.39, 0.29) is 23.8 Å². The van der Waals surface area contributed by atoms with Crippen LogP contribution in [0.4, 0.5) is 5.69 Å². The molecule has 0 saturated heterocycles. The summed E-state index contributed by atoms with van der Waals surface area (Å²) in [7, 11) is -4.21. The van der Waals surface area contributed by atoms with Gasteiger partial charge in [-0.25, -0.2) is 8.42 Å². The first-order valence-electron chi connectivity index (χ1n) is 15.1. The van der Waals surface area contributed by atoms with Gasteiger partial charge in [-0.3, -0.25) is 13.9 Å². The highest BCUT2D eigenvalue weighted by molar-refractivity contribution is 7.92. The number of nitrogens with one attached hydrogen (secondary N) is 1. The molecule has 0 aromatic heterocycles. The Labute approximate surface area is 282 Å². The summed E-state index contributed by atoms with van der Waals surface area (Å²) in [5, 5.41) is 3.59. The maximum Gasteiger partial charge on any atom is 0.264 e. The third kappa shape index (κ3) is 8.69. The highest BCUT2D eigenvalue weighted by Gasteiger charge is 2.35. The second-order valence-corrected chi connectivity index (χ2v) is 14.1. The predicted octanol–water partition coefficient (Wildman–Crippen LogP) is 7.28. The first-order chi connectivity index (χ1) is 21.9. The van der Waals surface area contributed by atoms with Gasteiger partial charge in [-0.2, -0.15) is 0 Å². The minimum absolute atomic E-state index is 0.0484. The Hall–Kier alpha value is -3.85. The lowest BCUT2D eigenvalue weighted by atomic mass is 10.0. The Kier molecular flexibility index (Phi) is 11.9. The van der Waals surface area contributed by atoms with Gasteiger partial charge in [0, 0.05) is 35.1 Å². The highest BCUT2D eigenvalue weighted by atomic mass is 35.5. The van der Waals surface area contributed by atoms with E-state index in [4.69, 9.17) is 23.2 Å². The quantitative estimate of drug-likeness (QED) is 0.161. The molecule has 0 unspecified atom stereocenters. The Bertz CT molecular complexity index is 1740.